The quantitative estimate of drug-likeness (QED) is 0.645. The lowest BCUT2D eigenvalue weighted by Crippen LogP contribution is -2.08. The summed E-state index contributed by atoms with van der Waals surface area (Å²) in [6.07, 6.45) is 3.97. The molecule has 0 N–H and O–H groups in total. The van der Waals surface area contributed by atoms with Crippen molar-refractivity contribution in [1.29, 1.82) is 0 Å². The highest BCUT2D eigenvalue weighted by molar-refractivity contribution is 7.90. The third-order valence-corrected chi connectivity index (χ3v) is 5.43. The number of sulfone groups is 1. The highest BCUT2D eigenvalue weighted by atomic mass is 35.5. The molecule has 0 saturated heterocycles. The van der Waals surface area contributed by atoms with Crippen LogP contribution in [0.2, 0.25) is 5.02 Å². The number of hydrogen-bond donors (Lipinski definition) is 0. The van der Waals surface area contributed by atoms with Gasteiger partial charge in [0.25, 0.3) is 0 Å². The molecule has 0 atom stereocenters. The first-order valence-electron chi connectivity index (χ1n) is 6.84. The Hall–Kier alpha value is -2.03. The zero-order valence-electron chi connectivity index (χ0n) is 12.8. The van der Waals surface area contributed by atoms with Gasteiger partial charge in [0.1, 0.15) is 5.69 Å². The van der Waals surface area contributed by atoms with Crippen LogP contribution in [0.15, 0.2) is 47.9 Å². The van der Waals surface area contributed by atoms with Gasteiger partial charge in [-0.2, -0.15) is 0 Å². The van der Waals surface area contributed by atoms with E-state index in [-0.39, 0.29) is 10.2 Å². The van der Waals surface area contributed by atoms with E-state index in [0.29, 0.717) is 10.6 Å². The molecule has 0 amide bonds. The van der Waals surface area contributed by atoms with E-state index < -0.39 is 9.84 Å². The van der Waals surface area contributed by atoms with Crippen molar-refractivity contribution in [3.63, 3.8) is 0 Å². The van der Waals surface area contributed by atoms with Gasteiger partial charge in [-0.3, -0.25) is 0 Å². The summed E-state index contributed by atoms with van der Waals surface area (Å²) in [5, 5.41) is 0.764. The molecule has 0 spiro atoms. The van der Waals surface area contributed by atoms with Gasteiger partial charge in [-0.25, -0.2) is 23.4 Å². The number of para-hydroxylation sites is 1. The van der Waals surface area contributed by atoms with Crippen LogP contribution >= 0.6 is 22.9 Å². The second-order valence-electron chi connectivity index (χ2n) is 5.02. The minimum atomic E-state index is -3.51. The Kier molecular flexibility index (Phi) is 4.53. The Labute approximate surface area is 148 Å². The lowest BCUT2D eigenvalue weighted by molar-refractivity contribution is 0.593. The number of nitrogens with zero attached hydrogens (tertiary/aromatic N) is 4. The van der Waals surface area contributed by atoms with Crippen LogP contribution < -0.4 is 4.90 Å². The molecule has 0 fully saturated rings. The molecule has 0 radical (unpaired) electrons. The summed E-state index contributed by atoms with van der Waals surface area (Å²) in [7, 11) is -1.61. The van der Waals surface area contributed by atoms with Crippen molar-refractivity contribution in [2.45, 2.75) is 5.16 Å². The van der Waals surface area contributed by atoms with Gasteiger partial charge in [0, 0.05) is 25.2 Å². The molecule has 3 aromatic rings. The number of anilines is 2. The molecule has 3 rings (SSSR count). The summed E-state index contributed by atoms with van der Waals surface area (Å²) < 4.78 is 23.3. The largest absolute Gasteiger partial charge is 0.321 e. The van der Waals surface area contributed by atoms with Crippen LogP contribution in [0.5, 0.6) is 0 Å². The monoisotopic (exact) mass is 380 g/mol. The predicted octanol–water partition coefficient (Wildman–Crippen LogP) is 3.42. The fraction of sp³-hybridized carbons (Fsp3) is 0.133. The topological polar surface area (TPSA) is 76.1 Å². The van der Waals surface area contributed by atoms with Crippen molar-refractivity contribution >= 4 is 43.6 Å². The second kappa shape index (κ2) is 6.46. The van der Waals surface area contributed by atoms with Gasteiger partial charge >= 0.3 is 0 Å². The minimum Gasteiger partial charge on any atom is -0.321 e. The van der Waals surface area contributed by atoms with Gasteiger partial charge in [0.15, 0.2) is 5.13 Å². The molecule has 6 nitrogen and oxygen atoms in total. The molecule has 0 aliphatic carbocycles. The third-order valence-electron chi connectivity index (χ3n) is 3.21. The fourth-order valence-corrected chi connectivity index (χ4v) is 3.65. The van der Waals surface area contributed by atoms with Crippen LogP contribution in [0.3, 0.4) is 0 Å². The van der Waals surface area contributed by atoms with Crippen LogP contribution in [-0.4, -0.2) is 36.7 Å². The number of thiazole rings is 1. The molecule has 0 unspecified atom stereocenters. The van der Waals surface area contributed by atoms with E-state index in [0.717, 1.165) is 17.1 Å². The van der Waals surface area contributed by atoms with Crippen LogP contribution in [-0.2, 0) is 9.84 Å². The van der Waals surface area contributed by atoms with E-state index in [4.69, 9.17) is 11.6 Å². The highest BCUT2D eigenvalue weighted by Crippen LogP contribution is 2.35. The van der Waals surface area contributed by atoms with Crippen molar-refractivity contribution in [3.8, 4) is 10.6 Å². The molecule has 0 saturated carbocycles. The van der Waals surface area contributed by atoms with E-state index in [2.05, 4.69) is 15.0 Å². The lowest BCUT2D eigenvalue weighted by Gasteiger charge is -2.15. The van der Waals surface area contributed by atoms with Gasteiger partial charge in [0.05, 0.1) is 16.1 Å². The van der Waals surface area contributed by atoms with Crippen molar-refractivity contribution < 1.29 is 8.42 Å². The standard InChI is InChI=1S/C15H13ClN4O2S2/c1-20(10-6-4-3-5-7-10)15-18-9-12(23-15)13-11(16)8-17-14(19-13)24(2,21)22/h3-9H,1-2H3. The summed E-state index contributed by atoms with van der Waals surface area (Å²) >= 11 is 7.50. The normalized spacial score (nSPS) is 11.5. The van der Waals surface area contributed by atoms with Gasteiger partial charge in [-0.15, -0.1) is 0 Å². The summed E-state index contributed by atoms with van der Waals surface area (Å²) in [4.78, 5) is 14.8. The van der Waals surface area contributed by atoms with Crippen LogP contribution in [0.1, 0.15) is 0 Å². The molecule has 24 heavy (non-hydrogen) atoms. The van der Waals surface area contributed by atoms with Crippen LogP contribution in [0.4, 0.5) is 10.8 Å². The van der Waals surface area contributed by atoms with E-state index in [1.165, 1.54) is 17.5 Å². The first-order valence-corrected chi connectivity index (χ1v) is 9.92. The number of halogens is 1. The van der Waals surface area contributed by atoms with E-state index >= 15 is 0 Å². The number of aromatic nitrogens is 3. The molecule has 0 aliphatic rings. The molecule has 124 valence electrons. The number of rotatable bonds is 4. The SMILES string of the molecule is CN(c1ccccc1)c1ncc(-c2nc(S(C)(=O)=O)ncc2Cl)s1. The van der Waals surface area contributed by atoms with Gasteiger partial charge in [-0.05, 0) is 12.1 Å². The Bertz CT molecular complexity index is 974. The fourth-order valence-electron chi connectivity index (χ4n) is 1.99. The molecule has 2 heterocycles. The van der Waals surface area contributed by atoms with Crippen molar-refractivity contribution in [2.75, 3.05) is 18.2 Å². The zero-order valence-corrected chi connectivity index (χ0v) is 15.2. The van der Waals surface area contributed by atoms with Crippen LogP contribution in [0.25, 0.3) is 10.6 Å². The Morgan fingerprint density at radius 2 is 1.83 bits per heavy atom. The minimum absolute atomic E-state index is 0.256. The average molecular weight is 381 g/mol. The zero-order chi connectivity index (χ0) is 17.3. The maximum atomic E-state index is 11.6. The summed E-state index contributed by atoms with van der Waals surface area (Å²) in [5.74, 6) is 0. The molecule has 0 bridgehead atoms. The summed E-state index contributed by atoms with van der Waals surface area (Å²) in [5.41, 5.74) is 1.35. The molecule has 1 aromatic carbocycles. The predicted molar refractivity (Wildman–Crippen MR) is 95.8 cm³/mol. The van der Waals surface area contributed by atoms with Crippen molar-refractivity contribution in [1.82, 2.24) is 15.0 Å². The van der Waals surface area contributed by atoms with Gasteiger partial charge < -0.3 is 4.90 Å². The van der Waals surface area contributed by atoms with E-state index in [1.807, 2.05) is 42.3 Å². The third kappa shape index (κ3) is 3.40. The second-order valence-corrected chi connectivity index (χ2v) is 8.35. The Balaban J connectivity index is 1.99. The average Bonchev–Trinajstić information content (AvgIpc) is 3.04. The van der Waals surface area contributed by atoms with Crippen LogP contribution in [0, 0.1) is 0 Å². The van der Waals surface area contributed by atoms with Gasteiger partial charge in [0.2, 0.25) is 15.0 Å². The van der Waals surface area contributed by atoms with Crippen molar-refractivity contribution in [3.05, 3.63) is 47.7 Å². The number of benzene rings is 1. The Morgan fingerprint density at radius 3 is 2.50 bits per heavy atom. The lowest BCUT2D eigenvalue weighted by atomic mass is 10.3. The van der Waals surface area contributed by atoms with Crippen molar-refractivity contribution in [2.24, 2.45) is 0 Å². The first kappa shape index (κ1) is 16.8. The summed E-state index contributed by atoms with van der Waals surface area (Å²) in [6, 6.07) is 9.78. The Morgan fingerprint density at radius 1 is 1.12 bits per heavy atom. The highest BCUT2D eigenvalue weighted by Gasteiger charge is 2.18. The molecular formula is C15H13ClN4O2S2. The maximum absolute atomic E-state index is 11.6. The van der Waals surface area contributed by atoms with E-state index in [1.54, 1.807) is 6.20 Å². The molecular weight excluding hydrogens is 368 g/mol. The molecule has 2 aromatic heterocycles. The molecule has 0 aliphatic heterocycles. The van der Waals surface area contributed by atoms with E-state index in [9.17, 15) is 8.42 Å². The maximum Gasteiger partial charge on any atom is 0.247 e. The first-order chi connectivity index (χ1) is 11.4. The molecule has 9 heteroatoms. The summed E-state index contributed by atoms with van der Waals surface area (Å²) in [6.45, 7) is 0. The van der Waals surface area contributed by atoms with Gasteiger partial charge in [-0.1, -0.05) is 41.1 Å². The smallest absolute Gasteiger partial charge is 0.247 e. The number of hydrogen-bond acceptors (Lipinski definition) is 7.